The summed E-state index contributed by atoms with van der Waals surface area (Å²) in [5.41, 5.74) is 1.93. The largest absolute Gasteiger partial charge is 0.477 e. The molecule has 0 spiro atoms. The van der Waals surface area contributed by atoms with Crippen molar-refractivity contribution in [3.63, 3.8) is 0 Å². The van der Waals surface area contributed by atoms with E-state index in [0.29, 0.717) is 16.4 Å². The lowest BCUT2D eigenvalue weighted by molar-refractivity contribution is -0.117. The van der Waals surface area contributed by atoms with Crippen molar-refractivity contribution in [1.29, 1.82) is 0 Å². The Morgan fingerprint density at radius 2 is 2.05 bits per heavy atom. The summed E-state index contributed by atoms with van der Waals surface area (Å²) in [5.74, 6) is -0.837. The third kappa shape index (κ3) is 2.80. The summed E-state index contributed by atoms with van der Waals surface area (Å²) in [7, 11) is 0. The number of hydrogen-bond acceptors (Lipinski definition) is 4. The fourth-order valence-electron chi connectivity index (χ4n) is 2.07. The first-order valence-electron chi connectivity index (χ1n) is 6.67. The number of rotatable bonds is 4. The van der Waals surface area contributed by atoms with Crippen LogP contribution in [0.15, 0.2) is 24.3 Å². The number of nitrogens with zero attached hydrogens (tertiary/aromatic N) is 1. The molecule has 5 nitrogen and oxygen atoms in total. The standard InChI is InChI=1S/C15H14N2O3S/c1-8-12(15(19)20)21-14(16-8)10-4-2-3-5-11(10)17-13(18)9-6-7-9/h2-5,9H,6-7H2,1H3,(H,17,18)(H,19,20). The highest BCUT2D eigenvalue weighted by atomic mass is 32.1. The lowest BCUT2D eigenvalue weighted by atomic mass is 10.2. The summed E-state index contributed by atoms with van der Waals surface area (Å²) in [6.45, 7) is 1.68. The van der Waals surface area contributed by atoms with Crippen LogP contribution in [0.3, 0.4) is 0 Å². The monoisotopic (exact) mass is 302 g/mol. The van der Waals surface area contributed by atoms with Gasteiger partial charge in [0.15, 0.2) is 0 Å². The van der Waals surface area contributed by atoms with E-state index in [1.54, 1.807) is 6.92 Å². The maximum Gasteiger partial charge on any atom is 0.347 e. The predicted octanol–water partition coefficient (Wildman–Crippen LogP) is 3.17. The first kappa shape index (κ1) is 13.8. The molecule has 0 radical (unpaired) electrons. The highest BCUT2D eigenvalue weighted by Crippen LogP contribution is 2.35. The van der Waals surface area contributed by atoms with Crippen molar-refractivity contribution in [3.8, 4) is 10.6 Å². The van der Waals surface area contributed by atoms with E-state index in [1.165, 1.54) is 0 Å². The fourth-order valence-corrected chi connectivity index (χ4v) is 3.01. The summed E-state index contributed by atoms with van der Waals surface area (Å²) < 4.78 is 0. The number of aromatic nitrogens is 1. The van der Waals surface area contributed by atoms with Crippen molar-refractivity contribution in [2.24, 2.45) is 5.92 Å². The van der Waals surface area contributed by atoms with E-state index in [2.05, 4.69) is 10.3 Å². The predicted molar refractivity (Wildman–Crippen MR) is 80.6 cm³/mol. The smallest absolute Gasteiger partial charge is 0.347 e. The second-order valence-corrected chi connectivity index (χ2v) is 6.05. The zero-order valence-corrected chi connectivity index (χ0v) is 12.2. The zero-order valence-electron chi connectivity index (χ0n) is 11.4. The average Bonchev–Trinajstić information content (AvgIpc) is 3.22. The van der Waals surface area contributed by atoms with Crippen LogP contribution in [0.4, 0.5) is 5.69 Å². The third-order valence-corrected chi connectivity index (χ3v) is 4.53. The van der Waals surface area contributed by atoms with Gasteiger partial charge in [0.1, 0.15) is 9.88 Å². The number of nitrogens with one attached hydrogen (secondary N) is 1. The van der Waals surface area contributed by atoms with Crippen LogP contribution in [-0.4, -0.2) is 22.0 Å². The number of carbonyl (C=O) groups is 2. The normalized spacial score (nSPS) is 14.0. The number of carbonyl (C=O) groups excluding carboxylic acids is 1. The molecule has 1 saturated carbocycles. The molecule has 2 N–H and O–H groups in total. The molecule has 1 fully saturated rings. The summed E-state index contributed by atoms with van der Waals surface area (Å²) >= 11 is 1.12. The summed E-state index contributed by atoms with van der Waals surface area (Å²) in [6, 6.07) is 7.34. The first-order valence-corrected chi connectivity index (χ1v) is 7.49. The van der Waals surface area contributed by atoms with E-state index in [9.17, 15) is 9.59 Å². The minimum absolute atomic E-state index is 0.0224. The lowest BCUT2D eigenvalue weighted by Crippen LogP contribution is -2.13. The van der Waals surface area contributed by atoms with Gasteiger partial charge in [0.05, 0.1) is 11.4 Å². The van der Waals surface area contributed by atoms with Gasteiger partial charge in [-0.2, -0.15) is 0 Å². The Morgan fingerprint density at radius 3 is 2.67 bits per heavy atom. The molecule has 108 valence electrons. The van der Waals surface area contributed by atoms with Gasteiger partial charge in [-0.05, 0) is 31.9 Å². The molecule has 1 aliphatic carbocycles. The van der Waals surface area contributed by atoms with Gasteiger partial charge in [0.25, 0.3) is 0 Å². The highest BCUT2D eigenvalue weighted by Gasteiger charge is 2.30. The maximum atomic E-state index is 11.9. The molecule has 1 aliphatic rings. The quantitative estimate of drug-likeness (QED) is 0.909. The van der Waals surface area contributed by atoms with E-state index < -0.39 is 5.97 Å². The fraction of sp³-hybridized carbons (Fsp3) is 0.267. The summed E-state index contributed by atoms with van der Waals surface area (Å²) in [6.07, 6.45) is 1.88. The van der Waals surface area contributed by atoms with Crippen molar-refractivity contribution >= 4 is 28.9 Å². The van der Waals surface area contributed by atoms with E-state index in [0.717, 1.165) is 29.7 Å². The summed E-state index contributed by atoms with van der Waals surface area (Å²) in [5, 5.41) is 12.6. The van der Waals surface area contributed by atoms with Gasteiger partial charge >= 0.3 is 5.97 Å². The number of aromatic carboxylic acids is 1. The van der Waals surface area contributed by atoms with E-state index in [1.807, 2.05) is 24.3 Å². The third-order valence-electron chi connectivity index (χ3n) is 3.35. The first-order chi connectivity index (χ1) is 10.1. The number of para-hydroxylation sites is 1. The molecule has 6 heteroatoms. The van der Waals surface area contributed by atoms with Crippen LogP contribution in [0.5, 0.6) is 0 Å². The van der Waals surface area contributed by atoms with Crippen LogP contribution >= 0.6 is 11.3 Å². The molecule has 1 heterocycles. The number of carboxylic acid groups (broad SMARTS) is 1. The van der Waals surface area contributed by atoms with Crippen molar-refractivity contribution in [2.45, 2.75) is 19.8 Å². The number of hydrogen-bond donors (Lipinski definition) is 2. The molecule has 0 bridgehead atoms. The van der Waals surface area contributed by atoms with E-state index in [-0.39, 0.29) is 16.7 Å². The van der Waals surface area contributed by atoms with Gasteiger partial charge in [-0.3, -0.25) is 4.79 Å². The molecule has 2 aromatic rings. The van der Waals surface area contributed by atoms with Crippen LogP contribution < -0.4 is 5.32 Å². The second-order valence-electron chi connectivity index (χ2n) is 5.05. The Kier molecular flexibility index (Phi) is 3.47. The van der Waals surface area contributed by atoms with Crippen LogP contribution in [0.2, 0.25) is 0 Å². The van der Waals surface area contributed by atoms with Crippen LogP contribution in [0, 0.1) is 12.8 Å². The van der Waals surface area contributed by atoms with Crippen molar-refractivity contribution < 1.29 is 14.7 Å². The molecule has 0 atom stereocenters. The lowest BCUT2D eigenvalue weighted by Gasteiger charge is -2.08. The molecule has 3 rings (SSSR count). The molecule has 0 aliphatic heterocycles. The topological polar surface area (TPSA) is 79.3 Å². The average molecular weight is 302 g/mol. The number of benzene rings is 1. The van der Waals surface area contributed by atoms with Gasteiger partial charge in [0, 0.05) is 11.5 Å². The molecule has 1 aromatic heterocycles. The van der Waals surface area contributed by atoms with Gasteiger partial charge < -0.3 is 10.4 Å². The Bertz CT molecular complexity index is 719. The van der Waals surface area contributed by atoms with Crippen molar-refractivity contribution in [3.05, 3.63) is 34.8 Å². The van der Waals surface area contributed by atoms with Crippen LogP contribution in [-0.2, 0) is 4.79 Å². The Morgan fingerprint density at radius 1 is 1.33 bits per heavy atom. The molecule has 0 unspecified atom stereocenters. The molecular weight excluding hydrogens is 288 g/mol. The number of amides is 1. The molecule has 21 heavy (non-hydrogen) atoms. The zero-order chi connectivity index (χ0) is 15.0. The minimum atomic E-state index is -0.976. The van der Waals surface area contributed by atoms with Crippen LogP contribution in [0.1, 0.15) is 28.2 Å². The molecule has 1 amide bonds. The number of thiazole rings is 1. The van der Waals surface area contributed by atoms with Gasteiger partial charge in [-0.25, -0.2) is 9.78 Å². The Hall–Kier alpha value is -2.21. The highest BCUT2D eigenvalue weighted by molar-refractivity contribution is 7.17. The molecular formula is C15H14N2O3S. The van der Waals surface area contributed by atoms with E-state index in [4.69, 9.17) is 5.11 Å². The number of anilines is 1. The summed E-state index contributed by atoms with van der Waals surface area (Å²) in [4.78, 5) is 27.6. The van der Waals surface area contributed by atoms with E-state index >= 15 is 0 Å². The molecule has 1 aromatic carbocycles. The van der Waals surface area contributed by atoms with Gasteiger partial charge in [0.2, 0.25) is 5.91 Å². The van der Waals surface area contributed by atoms with Gasteiger partial charge in [-0.15, -0.1) is 11.3 Å². The van der Waals surface area contributed by atoms with Gasteiger partial charge in [-0.1, -0.05) is 12.1 Å². The Balaban J connectivity index is 1.96. The van der Waals surface area contributed by atoms with Crippen molar-refractivity contribution in [2.75, 3.05) is 5.32 Å². The van der Waals surface area contributed by atoms with Crippen molar-refractivity contribution in [1.82, 2.24) is 4.98 Å². The maximum absolute atomic E-state index is 11.9. The SMILES string of the molecule is Cc1nc(-c2ccccc2NC(=O)C2CC2)sc1C(=O)O. The Labute approximate surface area is 125 Å². The van der Waals surface area contributed by atoms with Crippen LogP contribution in [0.25, 0.3) is 10.6 Å². The molecule has 0 saturated heterocycles. The number of carboxylic acids is 1. The minimum Gasteiger partial charge on any atom is -0.477 e. The second kappa shape index (κ2) is 5.29. The number of aryl methyl sites for hydroxylation is 1.